The van der Waals surface area contributed by atoms with Gasteiger partial charge in [0.2, 0.25) is 5.91 Å². The molecule has 2 aromatic rings. The van der Waals surface area contributed by atoms with Gasteiger partial charge in [-0.15, -0.1) is 23.7 Å². The van der Waals surface area contributed by atoms with Crippen LogP contribution in [0.2, 0.25) is 0 Å². The molecule has 0 bridgehead atoms. The second kappa shape index (κ2) is 9.19. The van der Waals surface area contributed by atoms with Gasteiger partial charge in [-0.1, -0.05) is 0 Å². The molecule has 6 nitrogen and oxygen atoms in total. The zero-order valence-electron chi connectivity index (χ0n) is 15.6. The van der Waals surface area contributed by atoms with E-state index in [1.165, 1.54) is 0 Å². The van der Waals surface area contributed by atoms with Crippen molar-refractivity contribution in [2.75, 3.05) is 46.4 Å². The lowest BCUT2D eigenvalue weighted by molar-refractivity contribution is -0.138. The van der Waals surface area contributed by atoms with Crippen LogP contribution in [0.4, 0.5) is 0 Å². The zero-order valence-corrected chi connectivity index (χ0v) is 17.3. The number of fused-ring (bicyclic) bond motifs is 1. The number of nitrogens with zero attached hydrogens (tertiary/aromatic N) is 3. The van der Waals surface area contributed by atoms with E-state index in [0.29, 0.717) is 5.91 Å². The average molecular weight is 411 g/mol. The van der Waals surface area contributed by atoms with Crippen molar-refractivity contribution in [3.8, 4) is 5.75 Å². The molecule has 1 aromatic carbocycles. The number of ether oxygens (including phenoxy) is 1. The maximum atomic E-state index is 12.8. The van der Waals surface area contributed by atoms with Gasteiger partial charge in [0, 0.05) is 32.7 Å². The number of aromatic nitrogens is 1. The topological polar surface area (TPSA) is 57.7 Å². The Morgan fingerprint density at radius 1 is 1.33 bits per heavy atom. The Morgan fingerprint density at radius 2 is 2.15 bits per heavy atom. The molecule has 148 valence electrons. The summed E-state index contributed by atoms with van der Waals surface area (Å²) in [7, 11) is 1.69. The van der Waals surface area contributed by atoms with Gasteiger partial charge < -0.3 is 15.0 Å². The number of carbonyl (C=O) groups excluding carboxylic acids is 1. The highest BCUT2D eigenvalue weighted by molar-refractivity contribution is 7.18. The molecule has 0 spiro atoms. The number of piperazine rings is 1. The normalized spacial score (nSPS) is 21.1. The summed E-state index contributed by atoms with van der Waals surface area (Å²) in [6, 6.07) is 6.01. The number of hydrogen-bond acceptors (Lipinski definition) is 6. The molecular weight excluding hydrogens is 384 g/mol. The molecule has 2 fully saturated rings. The monoisotopic (exact) mass is 410 g/mol. The Bertz CT molecular complexity index is 778. The molecule has 1 amide bonds. The molecule has 2 aliphatic rings. The lowest BCUT2D eigenvalue weighted by atomic mass is 9.96. The second-order valence-electron chi connectivity index (χ2n) is 7.09. The zero-order chi connectivity index (χ0) is 17.9. The molecule has 3 heterocycles. The third-order valence-electron chi connectivity index (χ3n) is 5.28. The van der Waals surface area contributed by atoms with Crippen LogP contribution in [0.1, 0.15) is 17.8 Å². The maximum Gasteiger partial charge on any atom is 0.227 e. The summed E-state index contributed by atoms with van der Waals surface area (Å²) in [6.45, 7) is 6.23. The molecule has 0 saturated carbocycles. The summed E-state index contributed by atoms with van der Waals surface area (Å²) in [5.74, 6) is 1.34. The standard InChI is InChI=1S/C19H26N4O2S.ClH/c1-25-15-4-5-16-17(11-15)26-18(21-16)13-22-8-2-3-14(12-22)19(24)23-9-6-20-7-10-23;/h4-5,11,14,20H,2-3,6-10,12-13H2,1H3;1H. The minimum atomic E-state index is 0. The number of hydrogen-bond donors (Lipinski definition) is 1. The van der Waals surface area contributed by atoms with Gasteiger partial charge in [0.15, 0.2) is 0 Å². The Labute approximate surface area is 170 Å². The fourth-order valence-corrected chi connectivity index (χ4v) is 4.92. The van der Waals surface area contributed by atoms with Crippen LogP contribution in [0, 0.1) is 5.92 Å². The molecule has 0 aliphatic carbocycles. The van der Waals surface area contributed by atoms with E-state index in [0.717, 1.165) is 79.6 Å². The van der Waals surface area contributed by atoms with Crippen molar-refractivity contribution in [3.63, 3.8) is 0 Å². The highest BCUT2D eigenvalue weighted by Gasteiger charge is 2.30. The molecule has 27 heavy (non-hydrogen) atoms. The molecule has 2 aliphatic heterocycles. The molecule has 1 unspecified atom stereocenters. The summed E-state index contributed by atoms with van der Waals surface area (Å²) in [5.41, 5.74) is 1.02. The van der Waals surface area contributed by atoms with Gasteiger partial charge in [-0.05, 0) is 37.6 Å². The summed E-state index contributed by atoms with van der Waals surface area (Å²) in [4.78, 5) is 22.0. The van der Waals surface area contributed by atoms with Crippen molar-refractivity contribution < 1.29 is 9.53 Å². The van der Waals surface area contributed by atoms with E-state index in [4.69, 9.17) is 9.72 Å². The lowest BCUT2D eigenvalue weighted by Crippen LogP contribution is -2.51. The number of piperidine rings is 1. The molecule has 2 saturated heterocycles. The Morgan fingerprint density at radius 3 is 2.93 bits per heavy atom. The first-order valence-corrected chi connectivity index (χ1v) is 10.2. The molecule has 1 aromatic heterocycles. The van der Waals surface area contributed by atoms with Gasteiger partial charge in [-0.25, -0.2) is 4.98 Å². The quantitative estimate of drug-likeness (QED) is 0.838. The Balaban J connectivity index is 0.00000210. The van der Waals surface area contributed by atoms with Gasteiger partial charge in [0.1, 0.15) is 10.8 Å². The number of thiazole rings is 1. The molecule has 8 heteroatoms. The number of likely N-dealkylation sites (tertiary alicyclic amines) is 1. The summed E-state index contributed by atoms with van der Waals surface area (Å²) in [5, 5.41) is 4.43. The van der Waals surface area contributed by atoms with E-state index < -0.39 is 0 Å². The van der Waals surface area contributed by atoms with Gasteiger partial charge >= 0.3 is 0 Å². The number of amides is 1. The van der Waals surface area contributed by atoms with Crippen molar-refractivity contribution in [2.45, 2.75) is 19.4 Å². The largest absolute Gasteiger partial charge is 0.497 e. The fraction of sp³-hybridized carbons (Fsp3) is 0.579. The maximum absolute atomic E-state index is 12.8. The number of benzene rings is 1. The van der Waals surface area contributed by atoms with Gasteiger partial charge in [0.05, 0.1) is 29.8 Å². The predicted molar refractivity (Wildman–Crippen MR) is 111 cm³/mol. The SMILES string of the molecule is COc1ccc2nc(CN3CCCC(C(=O)N4CCNCC4)C3)sc2c1.Cl. The number of nitrogens with one attached hydrogen (secondary N) is 1. The highest BCUT2D eigenvalue weighted by Crippen LogP contribution is 2.28. The summed E-state index contributed by atoms with van der Waals surface area (Å²) >= 11 is 1.72. The van der Waals surface area contributed by atoms with Gasteiger partial charge in [-0.3, -0.25) is 9.69 Å². The third-order valence-corrected chi connectivity index (χ3v) is 6.29. The third kappa shape index (κ3) is 4.71. The van der Waals surface area contributed by atoms with Crippen molar-refractivity contribution in [3.05, 3.63) is 23.2 Å². The van der Waals surface area contributed by atoms with Crippen LogP contribution in [0.15, 0.2) is 18.2 Å². The van der Waals surface area contributed by atoms with Crippen LogP contribution in [0.25, 0.3) is 10.2 Å². The van der Waals surface area contributed by atoms with Crippen molar-refractivity contribution in [2.24, 2.45) is 5.92 Å². The van der Waals surface area contributed by atoms with Crippen molar-refractivity contribution in [1.82, 2.24) is 20.1 Å². The van der Waals surface area contributed by atoms with Crippen LogP contribution in [-0.4, -0.2) is 67.1 Å². The van der Waals surface area contributed by atoms with Gasteiger partial charge in [0.25, 0.3) is 0 Å². The van der Waals surface area contributed by atoms with Crippen molar-refractivity contribution in [1.29, 1.82) is 0 Å². The first kappa shape index (κ1) is 20.3. The Hall–Kier alpha value is -1.41. The van der Waals surface area contributed by atoms with E-state index >= 15 is 0 Å². The van der Waals surface area contributed by atoms with Crippen LogP contribution in [0.5, 0.6) is 5.75 Å². The molecule has 0 radical (unpaired) electrons. The highest BCUT2D eigenvalue weighted by atomic mass is 35.5. The van der Waals surface area contributed by atoms with Crippen LogP contribution < -0.4 is 10.1 Å². The summed E-state index contributed by atoms with van der Waals surface area (Å²) in [6.07, 6.45) is 2.09. The van der Waals surface area contributed by atoms with E-state index in [-0.39, 0.29) is 18.3 Å². The summed E-state index contributed by atoms with van der Waals surface area (Å²) < 4.78 is 6.46. The minimum absolute atomic E-state index is 0. The van der Waals surface area contributed by atoms with Crippen LogP contribution >= 0.6 is 23.7 Å². The second-order valence-corrected chi connectivity index (χ2v) is 8.21. The predicted octanol–water partition coefficient (Wildman–Crippen LogP) is 2.37. The first-order valence-electron chi connectivity index (χ1n) is 9.38. The van der Waals surface area contributed by atoms with E-state index in [1.54, 1.807) is 18.4 Å². The number of methoxy groups -OCH3 is 1. The van der Waals surface area contributed by atoms with E-state index in [9.17, 15) is 4.79 Å². The minimum Gasteiger partial charge on any atom is -0.497 e. The Kier molecular flexibility index (Phi) is 6.92. The van der Waals surface area contributed by atoms with Crippen molar-refractivity contribution >= 4 is 39.9 Å². The smallest absolute Gasteiger partial charge is 0.227 e. The first-order chi connectivity index (χ1) is 12.7. The van der Waals surface area contributed by atoms with Crippen LogP contribution in [-0.2, 0) is 11.3 Å². The molecular formula is C19H27ClN4O2S. The molecule has 1 atom stereocenters. The molecule has 1 N–H and O–H groups in total. The molecule has 4 rings (SSSR count). The fourth-order valence-electron chi connectivity index (χ4n) is 3.88. The number of carbonyl (C=O) groups is 1. The van der Waals surface area contributed by atoms with Crippen LogP contribution in [0.3, 0.4) is 0 Å². The van der Waals surface area contributed by atoms with E-state index in [2.05, 4.69) is 10.2 Å². The number of halogens is 1. The number of rotatable bonds is 4. The lowest BCUT2D eigenvalue weighted by Gasteiger charge is -2.36. The average Bonchev–Trinajstić information content (AvgIpc) is 3.09. The van der Waals surface area contributed by atoms with Gasteiger partial charge in [-0.2, -0.15) is 0 Å². The van der Waals surface area contributed by atoms with E-state index in [1.807, 2.05) is 23.1 Å².